The first kappa shape index (κ1) is 16.9. The van der Waals surface area contributed by atoms with Crippen LogP contribution in [0.1, 0.15) is 10.4 Å². The van der Waals surface area contributed by atoms with Gasteiger partial charge in [0.2, 0.25) is 0 Å². The van der Waals surface area contributed by atoms with E-state index in [2.05, 4.69) is 26.0 Å². The number of nitrogens with one attached hydrogen (secondary N) is 1. The van der Waals surface area contributed by atoms with Crippen LogP contribution in [0.25, 0.3) is 5.69 Å². The molecule has 8 heteroatoms. The third kappa shape index (κ3) is 3.93. The minimum Gasteiger partial charge on any atom is -0.283 e. The summed E-state index contributed by atoms with van der Waals surface area (Å²) >= 11 is 4.69. The SMILES string of the molecule is O=c1[nH]c(SCC(Br)c2cc(F)cc(F)c2)nn1-c1ccccc1. The Balaban J connectivity index is 1.72. The van der Waals surface area contributed by atoms with Crippen molar-refractivity contribution in [3.8, 4) is 5.69 Å². The molecule has 0 fully saturated rings. The molecule has 0 aliphatic heterocycles. The fraction of sp³-hybridized carbons (Fsp3) is 0.125. The van der Waals surface area contributed by atoms with Gasteiger partial charge in [0.05, 0.1) is 5.69 Å². The molecule has 1 atom stereocenters. The molecule has 2 aromatic carbocycles. The Hall–Kier alpha value is -1.93. The molecule has 0 amide bonds. The van der Waals surface area contributed by atoms with E-state index in [9.17, 15) is 13.6 Å². The second-order valence-electron chi connectivity index (χ2n) is 4.96. The van der Waals surface area contributed by atoms with E-state index < -0.39 is 11.6 Å². The molecule has 3 aromatic rings. The number of nitrogens with zero attached hydrogens (tertiary/aromatic N) is 2. The minimum absolute atomic E-state index is 0.280. The lowest BCUT2D eigenvalue weighted by Crippen LogP contribution is -2.15. The number of aromatic nitrogens is 3. The van der Waals surface area contributed by atoms with Crippen molar-refractivity contribution in [2.45, 2.75) is 9.98 Å². The molecule has 1 N–H and O–H groups in total. The number of aromatic amines is 1. The minimum atomic E-state index is -0.624. The van der Waals surface area contributed by atoms with E-state index in [1.807, 2.05) is 18.2 Å². The Morgan fingerprint density at radius 3 is 2.50 bits per heavy atom. The molecular weight excluding hydrogens is 400 g/mol. The number of H-pyrrole nitrogens is 1. The molecule has 0 aliphatic rings. The molecule has 0 radical (unpaired) electrons. The molecule has 1 unspecified atom stereocenters. The molecular formula is C16H12BrF2N3OS. The summed E-state index contributed by atoms with van der Waals surface area (Å²) in [6.45, 7) is 0. The Bertz CT molecular complexity index is 878. The standard InChI is InChI=1S/C16H12BrF2N3OS/c17-14(10-6-11(18)8-12(19)7-10)9-24-15-20-16(23)22(21-15)13-4-2-1-3-5-13/h1-8,14H,9H2,(H,20,21,23). The van der Waals surface area contributed by atoms with Crippen LogP contribution in [0.3, 0.4) is 0 Å². The number of alkyl halides is 1. The van der Waals surface area contributed by atoms with E-state index in [1.54, 1.807) is 12.1 Å². The fourth-order valence-corrected chi connectivity index (χ4v) is 3.58. The summed E-state index contributed by atoms with van der Waals surface area (Å²) in [5.41, 5.74) is 0.810. The summed E-state index contributed by atoms with van der Waals surface area (Å²) < 4.78 is 27.8. The molecule has 124 valence electrons. The van der Waals surface area contributed by atoms with Crippen molar-refractivity contribution in [3.63, 3.8) is 0 Å². The maximum Gasteiger partial charge on any atom is 0.348 e. The van der Waals surface area contributed by atoms with Crippen molar-refractivity contribution in [3.05, 3.63) is 76.2 Å². The second-order valence-corrected chi connectivity index (χ2v) is 7.08. The Morgan fingerprint density at radius 1 is 1.17 bits per heavy atom. The van der Waals surface area contributed by atoms with E-state index in [0.29, 0.717) is 22.2 Å². The van der Waals surface area contributed by atoms with Crippen molar-refractivity contribution < 1.29 is 8.78 Å². The van der Waals surface area contributed by atoms with Crippen molar-refractivity contribution in [2.75, 3.05) is 5.75 Å². The topological polar surface area (TPSA) is 50.7 Å². The molecule has 0 aliphatic carbocycles. The fourth-order valence-electron chi connectivity index (χ4n) is 2.12. The van der Waals surface area contributed by atoms with E-state index >= 15 is 0 Å². The van der Waals surface area contributed by atoms with Crippen molar-refractivity contribution in [2.24, 2.45) is 0 Å². The van der Waals surface area contributed by atoms with Gasteiger partial charge >= 0.3 is 5.69 Å². The number of rotatable bonds is 5. The van der Waals surface area contributed by atoms with Crippen LogP contribution >= 0.6 is 27.7 Å². The second kappa shape index (κ2) is 7.31. The monoisotopic (exact) mass is 411 g/mol. The molecule has 0 bridgehead atoms. The molecule has 0 saturated carbocycles. The number of thioether (sulfide) groups is 1. The third-order valence-electron chi connectivity index (χ3n) is 3.21. The van der Waals surface area contributed by atoms with Gasteiger partial charge in [-0.1, -0.05) is 45.9 Å². The first-order valence-corrected chi connectivity index (χ1v) is 8.90. The van der Waals surface area contributed by atoms with Crippen LogP contribution in [-0.4, -0.2) is 20.5 Å². The molecule has 3 rings (SSSR count). The van der Waals surface area contributed by atoms with Crippen molar-refractivity contribution >= 4 is 27.7 Å². The van der Waals surface area contributed by atoms with Gasteiger partial charge < -0.3 is 0 Å². The summed E-state index contributed by atoms with van der Waals surface area (Å²) in [5.74, 6) is -0.799. The highest BCUT2D eigenvalue weighted by atomic mass is 79.9. The van der Waals surface area contributed by atoms with Crippen molar-refractivity contribution in [1.29, 1.82) is 0 Å². The van der Waals surface area contributed by atoms with E-state index in [-0.39, 0.29) is 10.5 Å². The van der Waals surface area contributed by atoms with Gasteiger partial charge in [-0.2, -0.15) is 4.68 Å². The van der Waals surface area contributed by atoms with Crippen LogP contribution < -0.4 is 5.69 Å². The summed E-state index contributed by atoms with van der Waals surface area (Å²) in [6, 6.07) is 12.4. The normalized spacial score (nSPS) is 12.3. The van der Waals surface area contributed by atoms with Gasteiger partial charge in [0, 0.05) is 16.6 Å². The number of benzene rings is 2. The quantitative estimate of drug-likeness (QED) is 0.508. The van der Waals surface area contributed by atoms with Gasteiger partial charge in [-0.25, -0.2) is 13.6 Å². The molecule has 0 spiro atoms. The van der Waals surface area contributed by atoms with Crippen LogP contribution in [0.4, 0.5) is 8.78 Å². The molecule has 1 aromatic heterocycles. The predicted octanol–water partition coefficient (Wildman–Crippen LogP) is 4.07. The molecule has 1 heterocycles. The smallest absolute Gasteiger partial charge is 0.283 e. The number of hydrogen-bond acceptors (Lipinski definition) is 3. The van der Waals surface area contributed by atoms with Gasteiger partial charge in [0.15, 0.2) is 5.16 Å². The van der Waals surface area contributed by atoms with E-state index in [1.165, 1.54) is 28.6 Å². The number of para-hydroxylation sites is 1. The highest BCUT2D eigenvalue weighted by molar-refractivity contribution is 9.09. The molecule has 4 nitrogen and oxygen atoms in total. The average molecular weight is 412 g/mol. The van der Waals surface area contributed by atoms with Crippen LogP contribution in [0, 0.1) is 11.6 Å². The van der Waals surface area contributed by atoms with Crippen LogP contribution in [0.2, 0.25) is 0 Å². The van der Waals surface area contributed by atoms with Gasteiger partial charge in [-0.05, 0) is 29.8 Å². The van der Waals surface area contributed by atoms with Crippen LogP contribution in [-0.2, 0) is 0 Å². The lowest BCUT2D eigenvalue weighted by atomic mass is 10.1. The summed E-state index contributed by atoms with van der Waals surface area (Å²) in [6.07, 6.45) is 0. The Morgan fingerprint density at radius 2 is 1.83 bits per heavy atom. The summed E-state index contributed by atoms with van der Waals surface area (Å²) in [7, 11) is 0. The van der Waals surface area contributed by atoms with Gasteiger partial charge in [0.1, 0.15) is 11.6 Å². The van der Waals surface area contributed by atoms with Crippen molar-refractivity contribution in [1.82, 2.24) is 14.8 Å². The van der Waals surface area contributed by atoms with Gasteiger partial charge in [0.25, 0.3) is 0 Å². The highest BCUT2D eigenvalue weighted by Gasteiger charge is 2.13. The zero-order valence-electron chi connectivity index (χ0n) is 12.2. The summed E-state index contributed by atoms with van der Waals surface area (Å²) in [5, 5.41) is 4.66. The first-order valence-electron chi connectivity index (χ1n) is 7.00. The number of halogens is 3. The van der Waals surface area contributed by atoms with Gasteiger partial charge in [-0.15, -0.1) is 5.10 Å². The van der Waals surface area contributed by atoms with Gasteiger partial charge in [-0.3, -0.25) is 4.98 Å². The van der Waals surface area contributed by atoms with Crippen LogP contribution in [0.5, 0.6) is 0 Å². The first-order chi connectivity index (χ1) is 11.5. The zero-order chi connectivity index (χ0) is 17.1. The van der Waals surface area contributed by atoms with Crippen LogP contribution in [0.15, 0.2) is 58.5 Å². The molecule has 0 saturated heterocycles. The van der Waals surface area contributed by atoms with E-state index in [4.69, 9.17) is 0 Å². The van der Waals surface area contributed by atoms with E-state index in [0.717, 1.165) is 6.07 Å². The lowest BCUT2D eigenvalue weighted by Gasteiger charge is -2.09. The zero-order valence-corrected chi connectivity index (χ0v) is 14.7. The number of hydrogen-bond donors (Lipinski definition) is 1. The highest BCUT2D eigenvalue weighted by Crippen LogP contribution is 2.30. The Kier molecular flexibility index (Phi) is 5.15. The molecule has 24 heavy (non-hydrogen) atoms. The predicted molar refractivity (Wildman–Crippen MR) is 92.9 cm³/mol. The maximum absolute atomic E-state index is 13.3. The largest absolute Gasteiger partial charge is 0.348 e. The summed E-state index contributed by atoms with van der Waals surface area (Å²) in [4.78, 5) is 14.3. The third-order valence-corrected chi connectivity index (χ3v) is 5.45. The Labute approximate surface area is 149 Å². The average Bonchev–Trinajstić information content (AvgIpc) is 2.93. The maximum atomic E-state index is 13.3. The lowest BCUT2D eigenvalue weighted by molar-refractivity contribution is 0.580.